The van der Waals surface area contributed by atoms with Crippen LogP contribution >= 0.6 is 32.9 Å². The minimum absolute atomic E-state index is 0. The van der Waals surface area contributed by atoms with Crippen LogP contribution in [0.15, 0.2) is 97.8 Å². The van der Waals surface area contributed by atoms with Crippen LogP contribution in [-0.2, 0) is 11.9 Å². The number of nitrogens with one attached hydrogen (secondary N) is 1. The van der Waals surface area contributed by atoms with Crippen molar-refractivity contribution in [2.24, 2.45) is 0 Å². The molecule has 0 unspecified atom stereocenters. The highest BCUT2D eigenvalue weighted by Gasteiger charge is 2.15. The topological polar surface area (TPSA) is 159 Å². The highest BCUT2D eigenvalue weighted by atomic mass is 79.9. The molecule has 4 aromatic heterocycles. The maximum Gasteiger partial charge on any atom is 0.280 e. The van der Waals surface area contributed by atoms with Gasteiger partial charge in [-0.25, -0.2) is 0 Å². The summed E-state index contributed by atoms with van der Waals surface area (Å²) >= 11 is 3.33. The molecule has 12 nitrogen and oxygen atoms in total. The average molecular weight is 670 g/mol. The van der Waals surface area contributed by atoms with Crippen molar-refractivity contribution in [1.82, 2.24) is 29.9 Å². The fourth-order valence-corrected chi connectivity index (χ4v) is 3.99. The third kappa shape index (κ3) is 7.51. The molecule has 0 saturated carbocycles. The summed E-state index contributed by atoms with van der Waals surface area (Å²) in [6.07, 6.45) is 9.99. The van der Waals surface area contributed by atoms with Crippen LogP contribution < -0.4 is 0 Å². The number of hydrogen-bond donors (Lipinski definition) is 1. The van der Waals surface area contributed by atoms with Crippen molar-refractivity contribution in [3.63, 3.8) is 0 Å². The van der Waals surface area contributed by atoms with Crippen LogP contribution in [0.3, 0.4) is 0 Å². The minimum atomic E-state index is -0.419. The first-order valence-electron chi connectivity index (χ1n) is 11.5. The van der Waals surface area contributed by atoms with Gasteiger partial charge < -0.3 is 0 Å². The molecule has 0 bridgehead atoms. The second-order valence-electron chi connectivity index (χ2n) is 7.98. The van der Waals surface area contributed by atoms with E-state index in [1.54, 1.807) is 47.7 Å². The van der Waals surface area contributed by atoms with E-state index in [0.717, 1.165) is 16.4 Å². The Morgan fingerprint density at radius 3 is 1.93 bits per heavy atom. The number of alkyl halides is 1. The third-order valence-corrected chi connectivity index (χ3v) is 6.15. The Labute approximate surface area is 246 Å². The van der Waals surface area contributed by atoms with E-state index in [1.165, 1.54) is 30.1 Å². The van der Waals surface area contributed by atoms with E-state index in [2.05, 4.69) is 41.2 Å². The molecule has 6 rings (SSSR count). The predicted octanol–water partition coefficient (Wildman–Crippen LogP) is 6.41. The van der Waals surface area contributed by atoms with Gasteiger partial charge in [-0.2, -0.15) is 10.2 Å². The molecule has 204 valence electrons. The van der Waals surface area contributed by atoms with E-state index in [0.29, 0.717) is 22.8 Å². The van der Waals surface area contributed by atoms with Crippen molar-refractivity contribution < 1.29 is 9.85 Å². The first-order valence-corrected chi connectivity index (χ1v) is 12.6. The molecular weight excluding hydrogens is 648 g/mol. The van der Waals surface area contributed by atoms with E-state index in [9.17, 15) is 20.2 Å². The van der Waals surface area contributed by atoms with Crippen LogP contribution in [0.1, 0.15) is 11.1 Å². The molecule has 1 N–H and O–H groups in total. The molecule has 6 aromatic rings. The zero-order valence-corrected chi connectivity index (χ0v) is 24.0. The number of fused-ring (bicyclic) bond motifs is 2. The lowest BCUT2D eigenvalue weighted by atomic mass is 10.2. The molecular formula is C26H22Br2N8O4. The van der Waals surface area contributed by atoms with Crippen molar-refractivity contribution in [3.8, 4) is 0 Å². The lowest BCUT2D eigenvalue weighted by molar-refractivity contribution is -0.383. The molecule has 0 radical (unpaired) electrons. The van der Waals surface area contributed by atoms with Gasteiger partial charge in [0.1, 0.15) is 0 Å². The summed E-state index contributed by atoms with van der Waals surface area (Å²) in [5, 5.41) is 34.0. The van der Waals surface area contributed by atoms with Gasteiger partial charge in [-0.3, -0.25) is 40.0 Å². The fraction of sp³-hybridized carbons (Fsp3) is 0.0769. The minimum Gasteiger partial charge on any atom is -0.278 e. The molecule has 0 spiro atoms. The number of H-pyrrole nitrogens is 1. The molecule has 0 atom stereocenters. The van der Waals surface area contributed by atoms with Gasteiger partial charge in [-0.1, -0.05) is 28.1 Å². The first kappa shape index (κ1) is 30.0. The zero-order valence-electron chi connectivity index (χ0n) is 20.7. The second-order valence-corrected chi connectivity index (χ2v) is 8.54. The number of hydrogen-bond acceptors (Lipinski definition) is 8. The maximum atomic E-state index is 10.9. The molecule has 0 amide bonds. The summed E-state index contributed by atoms with van der Waals surface area (Å²) in [6.45, 7) is 0.563. The van der Waals surface area contributed by atoms with Crippen LogP contribution in [0, 0.1) is 20.2 Å². The Morgan fingerprint density at radius 2 is 1.35 bits per heavy atom. The van der Waals surface area contributed by atoms with Crippen LogP contribution in [0.25, 0.3) is 21.8 Å². The number of non-ortho nitro benzene ring substituents is 2. The molecule has 14 heteroatoms. The van der Waals surface area contributed by atoms with Gasteiger partial charge in [-0.15, -0.1) is 17.0 Å². The fourth-order valence-electron chi connectivity index (χ4n) is 3.62. The molecule has 40 heavy (non-hydrogen) atoms. The van der Waals surface area contributed by atoms with Gasteiger partial charge in [0.05, 0.1) is 50.6 Å². The number of aromatic nitrogens is 6. The van der Waals surface area contributed by atoms with Gasteiger partial charge in [-0.05, 0) is 47.5 Å². The van der Waals surface area contributed by atoms with E-state index in [-0.39, 0.29) is 33.3 Å². The molecule has 0 aliphatic carbocycles. The Bertz CT molecular complexity index is 1700. The summed E-state index contributed by atoms with van der Waals surface area (Å²) < 4.78 is 1.75. The average Bonchev–Trinajstić information content (AvgIpc) is 3.62. The summed E-state index contributed by atoms with van der Waals surface area (Å²) in [5.74, 6) is 0. The van der Waals surface area contributed by atoms with Gasteiger partial charge in [0.15, 0.2) is 0 Å². The van der Waals surface area contributed by atoms with E-state index in [4.69, 9.17) is 0 Å². The smallest absolute Gasteiger partial charge is 0.278 e. The highest BCUT2D eigenvalue weighted by Crippen LogP contribution is 2.25. The van der Waals surface area contributed by atoms with Crippen molar-refractivity contribution in [2.75, 3.05) is 0 Å². The third-order valence-electron chi connectivity index (χ3n) is 5.50. The predicted molar refractivity (Wildman–Crippen MR) is 160 cm³/mol. The van der Waals surface area contributed by atoms with Gasteiger partial charge >= 0.3 is 0 Å². The molecule has 4 heterocycles. The van der Waals surface area contributed by atoms with Crippen LogP contribution in [0.4, 0.5) is 11.4 Å². The van der Waals surface area contributed by atoms with Gasteiger partial charge in [0.2, 0.25) is 0 Å². The van der Waals surface area contributed by atoms with E-state index < -0.39 is 4.92 Å². The number of benzene rings is 2. The molecule has 2 aromatic carbocycles. The Balaban J connectivity index is 0.000000180. The number of nitro benzene ring substituents is 2. The summed E-state index contributed by atoms with van der Waals surface area (Å²) in [6, 6.07) is 17.6. The highest BCUT2D eigenvalue weighted by molar-refractivity contribution is 9.08. The summed E-state index contributed by atoms with van der Waals surface area (Å²) in [4.78, 5) is 28.4. The standard InChI is InChI=1S/C13H10N4O2.C7H5N3O2.C6H6BrN.BrH/c18-17(19)13-3-1-2-12-11(13)8-15-16(12)9-10-4-6-14-7-5-10;11-10(12)7-3-1-2-6-5(7)4-8-9-6;7-5-6-1-3-8-4-2-6;/h1-8H,9H2;1-4H,(H,8,9);1-4H,5H2;1H. The largest absolute Gasteiger partial charge is 0.280 e. The molecule has 0 saturated heterocycles. The molecule has 0 aliphatic rings. The summed E-state index contributed by atoms with van der Waals surface area (Å²) in [7, 11) is 0. The van der Waals surface area contributed by atoms with Crippen LogP contribution in [0.2, 0.25) is 0 Å². The Hall–Kier alpha value is -4.56. The number of pyridine rings is 2. The lowest BCUT2D eigenvalue weighted by Crippen LogP contribution is -2.01. The van der Waals surface area contributed by atoms with Crippen molar-refractivity contribution in [3.05, 3.63) is 129 Å². The number of halogens is 2. The summed E-state index contributed by atoms with van der Waals surface area (Å²) in [5.41, 5.74) is 3.92. The van der Waals surface area contributed by atoms with Crippen LogP contribution in [-0.4, -0.2) is 39.8 Å². The first-order chi connectivity index (χ1) is 19.0. The van der Waals surface area contributed by atoms with Gasteiger partial charge in [0, 0.05) is 42.3 Å². The van der Waals surface area contributed by atoms with Gasteiger partial charge in [0.25, 0.3) is 11.4 Å². The lowest BCUT2D eigenvalue weighted by Gasteiger charge is -2.03. The number of nitro groups is 2. The van der Waals surface area contributed by atoms with Crippen molar-refractivity contribution in [1.29, 1.82) is 0 Å². The monoisotopic (exact) mass is 668 g/mol. The quantitative estimate of drug-likeness (QED) is 0.125. The number of rotatable bonds is 5. The van der Waals surface area contributed by atoms with E-state index >= 15 is 0 Å². The number of aromatic amines is 1. The maximum absolute atomic E-state index is 10.9. The second kappa shape index (κ2) is 14.6. The van der Waals surface area contributed by atoms with Crippen molar-refractivity contribution in [2.45, 2.75) is 11.9 Å². The molecule has 0 aliphatic heterocycles. The zero-order chi connectivity index (χ0) is 27.6. The van der Waals surface area contributed by atoms with E-state index in [1.807, 2.05) is 30.3 Å². The Morgan fingerprint density at radius 1 is 0.775 bits per heavy atom. The molecule has 0 fully saturated rings. The van der Waals surface area contributed by atoms with Crippen molar-refractivity contribution >= 4 is 66.1 Å². The number of nitrogens with zero attached hydrogens (tertiary/aromatic N) is 7. The van der Waals surface area contributed by atoms with Crippen LogP contribution in [0.5, 0.6) is 0 Å². The Kier molecular flexibility index (Phi) is 10.9. The SMILES string of the molecule is Br.BrCc1ccncc1.O=[N+]([O-])c1cccc2[nH]ncc12.O=[N+]([O-])c1cccc2c1cnn2Cc1ccncc1. The normalized spacial score (nSPS) is 10.0.